The van der Waals surface area contributed by atoms with Gasteiger partial charge in [-0.3, -0.25) is 9.69 Å². The molecule has 1 aliphatic heterocycles. The van der Waals surface area contributed by atoms with Crippen LogP contribution < -0.4 is 0 Å². The summed E-state index contributed by atoms with van der Waals surface area (Å²) < 4.78 is 0. The van der Waals surface area contributed by atoms with Gasteiger partial charge in [-0.15, -0.1) is 11.5 Å². The molecule has 1 N–H and O–H groups in total. The van der Waals surface area contributed by atoms with E-state index in [1.165, 1.54) is 0 Å². The second kappa shape index (κ2) is 5.27. The molecule has 1 saturated heterocycles. The minimum atomic E-state index is -0.0355. The number of pyridine rings is 1. The molecule has 102 valence electrons. The molecule has 0 bridgehead atoms. The molecule has 3 rings (SSSR count). The predicted octanol–water partition coefficient (Wildman–Crippen LogP) is -0.256. The van der Waals surface area contributed by atoms with Crippen molar-refractivity contribution in [2.75, 3.05) is 32.7 Å². The zero-order valence-electron chi connectivity index (χ0n) is 10.9. The molecule has 7 heteroatoms. The van der Waals surface area contributed by atoms with Crippen LogP contribution in [0.3, 0.4) is 0 Å². The summed E-state index contributed by atoms with van der Waals surface area (Å²) in [6, 6.07) is 1.68. The van der Waals surface area contributed by atoms with Gasteiger partial charge in [0.1, 0.15) is 5.52 Å². The van der Waals surface area contributed by atoms with Crippen molar-refractivity contribution in [1.82, 2.24) is 30.2 Å². The lowest BCUT2D eigenvalue weighted by molar-refractivity contribution is 0.0654. The zero-order valence-corrected chi connectivity index (χ0v) is 10.9. The molecule has 0 radical (unpaired) electrons. The first-order valence-corrected chi connectivity index (χ1v) is 6.40. The van der Waals surface area contributed by atoms with Crippen molar-refractivity contribution in [3.05, 3.63) is 17.8 Å². The van der Waals surface area contributed by atoms with Crippen LogP contribution in [0.4, 0.5) is 0 Å². The lowest BCUT2D eigenvalue weighted by Crippen LogP contribution is -2.48. The van der Waals surface area contributed by atoms with E-state index in [0.717, 1.165) is 13.1 Å². The van der Waals surface area contributed by atoms with Gasteiger partial charge >= 0.3 is 0 Å². The van der Waals surface area contributed by atoms with Crippen molar-refractivity contribution in [3.63, 3.8) is 0 Å². The number of hydrogen-bond acceptors (Lipinski definition) is 5. The van der Waals surface area contributed by atoms with Crippen molar-refractivity contribution >= 4 is 17.1 Å². The quantitative estimate of drug-likeness (QED) is 0.761. The molecule has 0 aliphatic carbocycles. The van der Waals surface area contributed by atoms with Gasteiger partial charge in [-0.25, -0.2) is 4.98 Å². The first-order chi connectivity index (χ1) is 9.79. The number of hydrogen-bond donors (Lipinski definition) is 1. The third-order valence-corrected chi connectivity index (χ3v) is 3.43. The number of amides is 1. The normalized spacial score (nSPS) is 16.2. The van der Waals surface area contributed by atoms with E-state index in [9.17, 15) is 4.79 Å². The van der Waals surface area contributed by atoms with Gasteiger partial charge in [-0.05, 0) is 6.07 Å². The Kier molecular flexibility index (Phi) is 3.31. The van der Waals surface area contributed by atoms with Crippen LogP contribution in [0, 0.1) is 12.3 Å². The molecule has 2 aromatic rings. The molecule has 0 atom stereocenters. The standard InChI is InChI=1S/C13H14N6O/c1-2-5-18-6-8-19(9-7-18)13(20)10-3-4-14-12-11(10)15-17-16-12/h1,3-4H,5-9H2,(H,14,15,16,17). The Bertz CT molecular complexity index is 665. The smallest absolute Gasteiger partial charge is 0.256 e. The molecule has 20 heavy (non-hydrogen) atoms. The van der Waals surface area contributed by atoms with Gasteiger partial charge in [-0.1, -0.05) is 5.92 Å². The SMILES string of the molecule is C#CCN1CCN(C(=O)c2ccnc3n[nH]nc23)CC1. The van der Waals surface area contributed by atoms with Crippen LogP contribution in [0.2, 0.25) is 0 Å². The van der Waals surface area contributed by atoms with E-state index >= 15 is 0 Å². The van der Waals surface area contributed by atoms with Crippen LogP contribution in [0.15, 0.2) is 12.3 Å². The number of nitrogens with one attached hydrogen (secondary N) is 1. The van der Waals surface area contributed by atoms with Crippen LogP contribution in [0.1, 0.15) is 10.4 Å². The molecule has 0 saturated carbocycles. The zero-order chi connectivity index (χ0) is 13.9. The van der Waals surface area contributed by atoms with Crippen molar-refractivity contribution in [2.45, 2.75) is 0 Å². The minimum Gasteiger partial charge on any atom is -0.336 e. The topological polar surface area (TPSA) is 78.0 Å². The summed E-state index contributed by atoms with van der Waals surface area (Å²) in [5.74, 6) is 2.59. The highest BCUT2D eigenvalue weighted by atomic mass is 16.2. The van der Waals surface area contributed by atoms with E-state index in [2.05, 4.69) is 31.2 Å². The average Bonchev–Trinajstić information content (AvgIpc) is 2.96. The Balaban J connectivity index is 1.77. The fourth-order valence-electron chi connectivity index (χ4n) is 2.34. The maximum Gasteiger partial charge on any atom is 0.256 e. The van der Waals surface area contributed by atoms with E-state index in [1.54, 1.807) is 12.3 Å². The molecule has 1 amide bonds. The van der Waals surface area contributed by atoms with Crippen LogP contribution in [0.5, 0.6) is 0 Å². The van der Waals surface area contributed by atoms with Gasteiger partial charge in [-0.2, -0.15) is 10.3 Å². The van der Waals surface area contributed by atoms with Crippen molar-refractivity contribution in [1.29, 1.82) is 0 Å². The second-order valence-corrected chi connectivity index (χ2v) is 4.63. The molecule has 2 aromatic heterocycles. The number of H-pyrrole nitrogens is 1. The van der Waals surface area contributed by atoms with Crippen molar-refractivity contribution < 1.29 is 4.79 Å². The fourth-order valence-corrected chi connectivity index (χ4v) is 2.34. The van der Waals surface area contributed by atoms with E-state index in [-0.39, 0.29) is 5.91 Å². The molecule has 7 nitrogen and oxygen atoms in total. The highest BCUT2D eigenvalue weighted by Gasteiger charge is 2.24. The van der Waals surface area contributed by atoms with Gasteiger partial charge in [0.25, 0.3) is 5.91 Å². The lowest BCUT2D eigenvalue weighted by atomic mass is 10.2. The minimum absolute atomic E-state index is 0.0355. The summed E-state index contributed by atoms with van der Waals surface area (Å²) in [5, 5.41) is 10.4. The number of aromatic amines is 1. The number of carbonyl (C=O) groups is 1. The first kappa shape index (κ1) is 12.6. The molecule has 0 aromatic carbocycles. The number of rotatable bonds is 2. The van der Waals surface area contributed by atoms with E-state index in [0.29, 0.717) is 36.4 Å². The Labute approximate surface area is 116 Å². The predicted molar refractivity (Wildman–Crippen MR) is 72.9 cm³/mol. The van der Waals surface area contributed by atoms with E-state index in [1.807, 2.05) is 4.90 Å². The third-order valence-electron chi connectivity index (χ3n) is 3.43. The van der Waals surface area contributed by atoms with Crippen molar-refractivity contribution in [2.24, 2.45) is 0 Å². The number of aromatic nitrogens is 4. The van der Waals surface area contributed by atoms with E-state index in [4.69, 9.17) is 6.42 Å². The molecule has 3 heterocycles. The summed E-state index contributed by atoms with van der Waals surface area (Å²) >= 11 is 0. The van der Waals surface area contributed by atoms with Gasteiger partial charge < -0.3 is 4.90 Å². The Hall–Kier alpha value is -2.46. The summed E-state index contributed by atoms with van der Waals surface area (Å²) in [6.45, 7) is 3.56. The second-order valence-electron chi connectivity index (χ2n) is 4.63. The molecule has 1 fully saturated rings. The third kappa shape index (κ3) is 2.21. The summed E-state index contributed by atoms with van der Waals surface area (Å²) in [4.78, 5) is 20.6. The lowest BCUT2D eigenvalue weighted by Gasteiger charge is -2.33. The molecule has 0 spiro atoms. The highest BCUT2D eigenvalue weighted by molar-refractivity contribution is 6.03. The number of nitrogens with zero attached hydrogens (tertiary/aromatic N) is 5. The Morgan fingerprint density at radius 1 is 1.35 bits per heavy atom. The van der Waals surface area contributed by atoms with Gasteiger partial charge in [0.2, 0.25) is 5.65 Å². The van der Waals surface area contributed by atoms with Gasteiger partial charge in [0, 0.05) is 32.4 Å². The average molecular weight is 270 g/mol. The number of terminal acetylenes is 1. The van der Waals surface area contributed by atoms with Crippen molar-refractivity contribution in [3.8, 4) is 12.3 Å². The Morgan fingerprint density at radius 2 is 2.15 bits per heavy atom. The number of piperazine rings is 1. The molecular formula is C13H14N6O. The molecular weight excluding hydrogens is 256 g/mol. The fraction of sp³-hybridized carbons (Fsp3) is 0.385. The van der Waals surface area contributed by atoms with Crippen LogP contribution in [-0.4, -0.2) is 68.8 Å². The maximum atomic E-state index is 12.5. The highest BCUT2D eigenvalue weighted by Crippen LogP contribution is 2.15. The summed E-state index contributed by atoms with van der Waals surface area (Å²) in [7, 11) is 0. The summed E-state index contributed by atoms with van der Waals surface area (Å²) in [6.07, 6.45) is 6.87. The number of carbonyl (C=O) groups excluding carboxylic acids is 1. The number of fused-ring (bicyclic) bond motifs is 1. The maximum absolute atomic E-state index is 12.5. The first-order valence-electron chi connectivity index (χ1n) is 6.40. The van der Waals surface area contributed by atoms with Gasteiger partial charge in [0.15, 0.2) is 0 Å². The largest absolute Gasteiger partial charge is 0.336 e. The summed E-state index contributed by atoms with van der Waals surface area (Å²) in [5.41, 5.74) is 1.51. The Morgan fingerprint density at radius 3 is 2.90 bits per heavy atom. The molecule has 1 aliphatic rings. The van der Waals surface area contributed by atoms with Crippen LogP contribution in [0.25, 0.3) is 11.2 Å². The molecule has 0 unspecified atom stereocenters. The monoisotopic (exact) mass is 270 g/mol. The van der Waals surface area contributed by atoms with E-state index < -0.39 is 0 Å². The van der Waals surface area contributed by atoms with Crippen LogP contribution >= 0.6 is 0 Å². The van der Waals surface area contributed by atoms with Crippen LogP contribution in [-0.2, 0) is 0 Å². The van der Waals surface area contributed by atoms with Gasteiger partial charge in [0.05, 0.1) is 12.1 Å².